The van der Waals surface area contributed by atoms with E-state index in [0.717, 1.165) is 102 Å². The van der Waals surface area contributed by atoms with E-state index in [1.54, 1.807) is 11.8 Å². The number of para-hydroxylation sites is 1. The molecule has 0 atom stereocenters. The maximum Gasteiger partial charge on any atom is 0.466 e. The number of hydrogen-bond donors (Lipinski definition) is 5. The Bertz CT molecular complexity index is 1850. The first-order valence-electron chi connectivity index (χ1n) is 16.8. The number of aromatic nitrogens is 4. The van der Waals surface area contributed by atoms with Gasteiger partial charge in [-0.25, -0.2) is 14.5 Å². The first-order chi connectivity index (χ1) is 23.8. The monoisotopic (exact) mass is 706 g/mol. The first kappa shape index (κ1) is 36.9. The van der Waals surface area contributed by atoms with E-state index in [1.807, 2.05) is 19.3 Å². The lowest BCUT2D eigenvalue weighted by atomic mass is 9.93. The molecule has 268 valence electrons. The quantitative estimate of drug-likeness (QED) is 0.152. The van der Waals surface area contributed by atoms with Crippen LogP contribution in [0.25, 0.3) is 11.4 Å². The van der Waals surface area contributed by atoms with Crippen LogP contribution in [0.4, 0.5) is 23.0 Å². The van der Waals surface area contributed by atoms with Gasteiger partial charge >= 0.3 is 7.82 Å². The molecular weight excluding hydrogens is 659 g/mol. The number of rotatable bonds is 9. The van der Waals surface area contributed by atoms with E-state index in [0.29, 0.717) is 24.1 Å². The molecule has 1 aliphatic heterocycles. The number of ether oxygens (including phenoxy) is 1. The van der Waals surface area contributed by atoms with Gasteiger partial charge in [-0.15, -0.1) is 0 Å². The fourth-order valence-electron chi connectivity index (χ4n) is 6.71. The van der Waals surface area contributed by atoms with Crippen molar-refractivity contribution < 1.29 is 28.8 Å². The first-order valence-corrected chi connectivity index (χ1v) is 18.4. The van der Waals surface area contributed by atoms with Crippen molar-refractivity contribution in [2.75, 3.05) is 49.8 Å². The van der Waals surface area contributed by atoms with Gasteiger partial charge in [0.15, 0.2) is 5.69 Å². The van der Waals surface area contributed by atoms with E-state index in [2.05, 4.69) is 83.7 Å². The molecule has 2 aromatic carbocycles. The van der Waals surface area contributed by atoms with Crippen LogP contribution < -0.4 is 20.3 Å². The van der Waals surface area contributed by atoms with Crippen LogP contribution in [0.15, 0.2) is 42.6 Å². The van der Waals surface area contributed by atoms with Gasteiger partial charge in [-0.2, -0.15) is 5.10 Å². The molecule has 4 aromatic rings. The van der Waals surface area contributed by atoms with Crippen LogP contribution in [-0.4, -0.2) is 85.6 Å². The molecule has 6 rings (SSSR count). The lowest BCUT2D eigenvalue weighted by molar-refractivity contribution is 0.102. The molecule has 1 saturated heterocycles. The minimum Gasteiger partial charge on any atom is -0.494 e. The zero-order valence-corrected chi connectivity index (χ0v) is 30.4. The van der Waals surface area contributed by atoms with Gasteiger partial charge in [0, 0.05) is 55.4 Å². The van der Waals surface area contributed by atoms with Crippen molar-refractivity contribution in [2.24, 2.45) is 7.05 Å². The summed E-state index contributed by atoms with van der Waals surface area (Å²) in [6.45, 7) is 6.25. The Morgan fingerprint density at radius 1 is 1.06 bits per heavy atom. The minimum atomic E-state index is -4.64. The Morgan fingerprint density at radius 2 is 1.72 bits per heavy atom. The fourth-order valence-corrected chi connectivity index (χ4v) is 6.71. The average Bonchev–Trinajstić information content (AvgIpc) is 3.44. The Kier molecular flexibility index (Phi) is 11.6. The number of anilines is 4. The molecule has 2 aromatic heterocycles. The molecule has 0 unspecified atom stereocenters. The summed E-state index contributed by atoms with van der Waals surface area (Å²) in [6.07, 6.45) is 7.28. The van der Waals surface area contributed by atoms with E-state index in [4.69, 9.17) is 34.1 Å². The number of amides is 1. The van der Waals surface area contributed by atoms with E-state index < -0.39 is 7.82 Å². The Labute approximate surface area is 292 Å². The average molecular weight is 707 g/mol. The van der Waals surface area contributed by atoms with E-state index in [-0.39, 0.29) is 5.91 Å². The summed E-state index contributed by atoms with van der Waals surface area (Å²) in [5, 5.41) is 11.3. The topological polar surface area (TPSA) is 178 Å². The molecular formula is C35H47N8O6P. The smallest absolute Gasteiger partial charge is 0.466 e. The number of nitrogens with zero attached hydrogens (tertiary/aromatic N) is 6. The number of nitrogens with one attached hydrogen (secondary N) is 2. The summed E-state index contributed by atoms with van der Waals surface area (Å²) in [6, 6.07) is 13.1. The maximum absolute atomic E-state index is 13.7. The van der Waals surface area contributed by atoms with Gasteiger partial charge in [0.05, 0.1) is 24.2 Å². The highest BCUT2D eigenvalue weighted by Crippen LogP contribution is 2.37. The summed E-state index contributed by atoms with van der Waals surface area (Å²) in [5.74, 6) is 1.02. The second kappa shape index (κ2) is 15.7. The van der Waals surface area contributed by atoms with Crippen molar-refractivity contribution in [3.8, 4) is 17.1 Å². The van der Waals surface area contributed by atoms with Crippen molar-refractivity contribution in [2.45, 2.75) is 58.4 Å². The van der Waals surface area contributed by atoms with Crippen LogP contribution in [-0.2, 0) is 37.3 Å². The molecule has 0 radical (unpaired) electrons. The zero-order chi connectivity index (χ0) is 36.2. The molecule has 1 amide bonds. The molecule has 14 nitrogen and oxygen atoms in total. The Hall–Kier alpha value is -4.33. The summed E-state index contributed by atoms with van der Waals surface area (Å²) in [5.41, 5.74) is 9.15. The standard InChI is InChI=1S/C35H44N8O2.H3O4P/c1-7-22-10-9-11-23(8-2)30(22)38-34(44)32-27-14-12-24-21-36-35(39-31(24)33(27)42(5)40-32)37-28-15-13-26(20-29(28)45-6)43-18-16-25(17-19-43)41(3)4;1-5(2,3)4/h9-11,13,15,20-21,25H,7-8,12,14,16-19H2,1-6H3,(H,38,44)(H,36,37,39);(H3,1,2,3,4). The predicted octanol–water partition coefficient (Wildman–Crippen LogP) is 4.71. The van der Waals surface area contributed by atoms with Crippen LogP contribution in [0, 0.1) is 0 Å². The van der Waals surface area contributed by atoms with Gasteiger partial charge in [-0.3, -0.25) is 9.48 Å². The van der Waals surface area contributed by atoms with E-state index in [9.17, 15) is 4.79 Å². The molecule has 0 spiro atoms. The molecule has 1 fully saturated rings. The summed E-state index contributed by atoms with van der Waals surface area (Å²) in [4.78, 5) is 49.6. The van der Waals surface area contributed by atoms with Crippen LogP contribution >= 0.6 is 7.82 Å². The second-order valence-corrected chi connectivity index (χ2v) is 13.7. The molecule has 3 heterocycles. The third kappa shape index (κ3) is 8.51. The summed E-state index contributed by atoms with van der Waals surface area (Å²) < 4.78 is 16.5. The zero-order valence-electron chi connectivity index (χ0n) is 29.5. The highest BCUT2D eigenvalue weighted by molar-refractivity contribution is 7.45. The minimum absolute atomic E-state index is 0.186. The summed E-state index contributed by atoms with van der Waals surface area (Å²) in [7, 11) is 3.24. The number of piperidine rings is 1. The molecule has 50 heavy (non-hydrogen) atoms. The molecule has 5 N–H and O–H groups in total. The normalized spacial score (nSPS) is 14.4. The number of phosphoric acid groups is 1. The highest BCUT2D eigenvalue weighted by Gasteiger charge is 2.30. The number of methoxy groups -OCH3 is 1. The third-order valence-electron chi connectivity index (χ3n) is 9.32. The van der Waals surface area contributed by atoms with Crippen molar-refractivity contribution in [3.05, 3.63) is 70.5 Å². The van der Waals surface area contributed by atoms with Gasteiger partial charge in [-0.1, -0.05) is 32.0 Å². The molecule has 0 saturated carbocycles. The third-order valence-corrected chi connectivity index (χ3v) is 9.32. The van der Waals surface area contributed by atoms with E-state index in [1.165, 1.54) is 0 Å². The van der Waals surface area contributed by atoms with Gasteiger partial charge in [-0.05, 0) is 81.4 Å². The van der Waals surface area contributed by atoms with Gasteiger partial charge in [0.25, 0.3) is 5.91 Å². The van der Waals surface area contributed by atoms with Crippen molar-refractivity contribution in [1.29, 1.82) is 0 Å². The number of hydrogen-bond acceptors (Lipinski definition) is 9. The highest BCUT2D eigenvalue weighted by atomic mass is 31.2. The SMILES string of the molecule is CCc1cccc(CC)c1NC(=O)c1nn(C)c2c1CCc1cnc(Nc3ccc(N4CCC(N(C)C)CC4)cc3OC)nc1-2.O=P(O)(O)O. The molecule has 2 aliphatic rings. The maximum atomic E-state index is 13.7. The molecule has 0 bridgehead atoms. The number of carbonyl (C=O) groups is 1. The number of carbonyl (C=O) groups excluding carboxylic acids is 1. The number of aryl methyl sites for hydroxylation is 4. The van der Waals surface area contributed by atoms with E-state index >= 15 is 0 Å². The van der Waals surface area contributed by atoms with Crippen molar-refractivity contribution in [1.82, 2.24) is 24.6 Å². The lowest BCUT2D eigenvalue weighted by Gasteiger charge is -2.36. The van der Waals surface area contributed by atoms with Gasteiger partial charge in [0.1, 0.15) is 5.75 Å². The second-order valence-electron chi connectivity index (χ2n) is 12.7. The number of fused-ring (bicyclic) bond motifs is 3. The van der Waals surface area contributed by atoms with Gasteiger partial charge in [0.2, 0.25) is 5.95 Å². The van der Waals surface area contributed by atoms with Crippen LogP contribution in [0.2, 0.25) is 0 Å². The Morgan fingerprint density at radius 3 is 2.32 bits per heavy atom. The fraction of sp³-hybridized carbons (Fsp3) is 0.429. The summed E-state index contributed by atoms with van der Waals surface area (Å²) >= 11 is 0. The molecule has 15 heteroatoms. The largest absolute Gasteiger partial charge is 0.494 e. The Balaban J connectivity index is 0.000000908. The predicted molar refractivity (Wildman–Crippen MR) is 194 cm³/mol. The van der Waals surface area contributed by atoms with Gasteiger partial charge < -0.3 is 39.9 Å². The lowest BCUT2D eigenvalue weighted by Crippen LogP contribution is -2.41. The van der Waals surface area contributed by atoms with Crippen LogP contribution in [0.3, 0.4) is 0 Å². The van der Waals surface area contributed by atoms with Crippen LogP contribution in [0.5, 0.6) is 5.75 Å². The number of benzene rings is 2. The van der Waals surface area contributed by atoms with Crippen LogP contribution in [0.1, 0.15) is 59.4 Å². The molecule has 1 aliphatic carbocycles. The van der Waals surface area contributed by atoms with Crippen molar-refractivity contribution >= 4 is 36.7 Å². The van der Waals surface area contributed by atoms with Crippen molar-refractivity contribution in [3.63, 3.8) is 0 Å².